The van der Waals surface area contributed by atoms with Crippen LogP contribution in [0, 0.1) is 5.82 Å². The van der Waals surface area contributed by atoms with Crippen molar-refractivity contribution in [2.24, 2.45) is 0 Å². The molecule has 5 nitrogen and oxygen atoms in total. The summed E-state index contributed by atoms with van der Waals surface area (Å²) in [4.78, 5) is 22.4. The number of carbonyl (C=O) groups is 2. The van der Waals surface area contributed by atoms with Gasteiger partial charge in [0.25, 0.3) is 5.91 Å². The van der Waals surface area contributed by atoms with Gasteiger partial charge in [-0.3, -0.25) is 4.79 Å². The number of alkyl halides is 2. The lowest BCUT2D eigenvalue weighted by Crippen LogP contribution is -2.42. The van der Waals surface area contributed by atoms with Gasteiger partial charge in [0.15, 0.2) is 11.6 Å². The summed E-state index contributed by atoms with van der Waals surface area (Å²) in [7, 11) is 1.24. The van der Waals surface area contributed by atoms with Gasteiger partial charge in [0.05, 0.1) is 7.11 Å². The molecule has 0 spiro atoms. The summed E-state index contributed by atoms with van der Waals surface area (Å²) in [5, 5.41) is 10.6. The second kappa shape index (κ2) is 6.78. The highest BCUT2D eigenvalue weighted by molar-refractivity contribution is 5.96. The summed E-state index contributed by atoms with van der Waals surface area (Å²) in [6.07, 6.45) is -3.91. The molecule has 0 radical (unpaired) electrons. The van der Waals surface area contributed by atoms with Crippen LogP contribution in [-0.4, -0.2) is 36.6 Å². The van der Waals surface area contributed by atoms with Gasteiger partial charge in [0.2, 0.25) is 6.43 Å². The number of ether oxygens (including phenoxy) is 1. The number of amides is 1. The second-order valence-electron chi connectivity index (χ2n) is 3.84. The summed E-state index contributed by atoms with van der Waals surface area (Å²) >= 11 is 0. The van der Waals surface area contributed by atoms with Gasteiger partial charge in [-0.1, -0.05) is 0 Å². The van der Waals surface area contributed by atoms with E-state index >= 15 is 0 Å². The molecule has 0 aliphatic heterocycles. The summed E-state index contributed by atoms with van der Waals surface area (Å²) in [6, 6.07) is 1.45. The zero-order valence-corrected chi connectivity index (χ0v) is 10.4. The molecular formula is C12H12F3NO4. The van der Waals surface area contributed by atoms with Gasteiger partial charge in [-0.15, -0.1) is 0 Å². The van der Waals surface area contributed by atoms with Gasteiger partial charge in [-0.2, -0.15) is 0 Å². The highest BCUT2D eigenvalue weighted by atomic mass is 19.3. The van der Waals surface area contributed by atoms with Crippen molar-refractivity contribution >= 4 is 11.9 Å². The number of hydrogen-bond acceptors (Lipinski definition) is 3. The Morgan fingerprint density at radius 3 is 2.50 bits per heavy atom. The lowest BCUT2D eigenvalue weighted by molar-refractivity contribution is -0.140. The average molecular weight is 291 g/mol. The number of rotatable bonds is 6. The smallest absolute Gasteiger partial charge is 0.326 e. The van der Waals surface area contributed by atoms with Crippen LogP contribution in [0.15, 0.2) is 18.2 Å². The first-order chi connectivity index (χ1) is 9.35. The van der Waals surface area contributed by atoms with E-state index in [0.717, 1.165) is 6.07 Å². The first-order valence-electron chi connectivity index (χ1n) is 5.50. The third-order valence-electron chi connectivity index (χ3n) is 2.43. The van der Waals surface area contributed by atoms with Crippen LogP contribution in [0.2, 0.25) is 0 Å². The maximum absolute atomic E-state index is 13.4. The predicted molar refractivity (Wildman–Crippen MR) is 62.5 cm³/mol. The number of halogens is 3. The van der Waals surface area contributed by atoms with E-state index in [1.807, 2.05) is 5.32 Å². The molecule has 0 saturated carbocycles. The molecule has 110 valence electrons. The summed E-state index contributed by atoms with van der Waals surface area (Å²) in [6.45, 7) is 0. The Labute approximate surface area is 112 Å². The molecule has 0 aromatic heterocycles. The van der Waals surface area contributed by atoms with Crippen molar-refractivity contribution in [2.75, 3.05) is 7.11 Å². The zero-order chi connectivity index (χ0) is 15.3. The fourth-order valence-electron chi connectivity index (χ4n) is 1.45. The van der Waals surface area contributed by atoms with Gasteiger partial charge in [0.1, 0.15) is 6.04 Å². The molecule has 0 bridgehead atoms. The Morgan fingerprint density at radius 1 is 1.40 bits per heavy atom. The summed E-state index contributed by atoms with van der Waals surface area (Å²) in [5.74, 6) is -3.46. The first-order valence-corrected chi connectivity index (χ1v) is 5.50. The number of carboxylic acid groups (broad SMARTS) is 1. The van der Waals surface area contributed by atoms with Crippen molar-refractivity contribution < 1.29 is 32.6 Å². The molecule has 1 aromatic rings. The van der Waals surface area contributed by atoms with Crippen LogP contribution in [0.5, 0.6) is 5.75 Å². The standard InChI is InChI=1S/C12H12F3NO4/c1-20-9-3-2-6(4-7(9)13)11(17)16-8(12(18)19)5-10(14)15/h2-4,8,10H,5H2,1H3,(H,16,17)(H,18,19). The van der Waals surface area contributed by atoms with E-state index in [1.54, 1.807) is 0 Å². The van der Waals surface area contributed by atoms with E-state index in [0.29, 0.717) is 0 Å². The first kappa shape index (κ1) is 15.8. The molecule has 0 heterocycles. The number of hydrogen-bond donors (Lipinski definition) is 2. The van der Waals surface area contributed by atoms with Crippen molar-refractivity contribution in [3.63, 3.8) is 0 Å². The molecule has 8 heteroatoms. The summed E-state index contributed by atoms with van der Waals surface area (Å²) in [5.41, 5.74) is -0.191. The Balaban J connectivity index is 2.83. The second-order valence-corrected chi connectivity index (χ2v) is 3.84. The molecular weight excluding hydrogens is 279 g/mol. The van der Waals surface area contributed by atoms with Crippen LogP contribution in [0.25, 0.3) is 0 Å². The quantitative estimate of drug-likeness (QED) is 0.836. The van der Waals surface area contributed by atoms with Gasteiger partial charge >= 0.3 is 5.97 Å². The highest BCUT2D eigenvalue weighted by Crippen LogP contribution is 2.17. The lowest BCUT2D eigenvalue weighted by atomic mass is 10.1. The van der Waals surface area contributed by atoms with E-state index < -0.39 is 36.6 Å². The minimum atomic E-state index is -2.89. The monoisotopic (exact) mass is 291 g/mol. The van der Waals surface area contributed by atoms with Crippen molar-refractivity contribution in [3.05, 3.63) is 29.6 Å². The third-order valence-corrected chi connectivity index (χ3v) is 2.43. The van der Waals surface area contributed by atoms with Crippen LogP contribution in [0.4, 0.5) is 13.2 Å². The molecule has 0 aliphatic carbocycles. The molecule has 20 heavy (non-hydrogen) atoms. The number of nitrogens with one attached hydrogen (secondary N) is 1. The van der Waals surface area contributed by atoms with E-state index in [2.05, 4.69) is 4.74 Å². The normalized spacial score (nSPS) is 12.1. The molecule has 0 fully saturated rings. The van der Waals surface area contributed by atoms with Crippen LogP contribution in [0.1, 0.15) is 16.8 Å². The van der Waals surface area contributed by atoms with Gasteiger partial charge in [-0.25, -0.2) is 18.0 Å². The molecule has 1 amide bonds. The van der Waals surface area contributed by atoms with Crippen molar-refractivity contribution in [1.29, 1.82) is 0 Å². The maximum atomic E-state index is 13.4. The Kier molecular flexibility index (Phi) is 5.36. The zero-order valence-electron chi connectivity index (χ0n) is 10.4. The van der Waals surface area contributed by atoms with Crippen LogP contribution in [-0.2, 0) is 4.79 Å². The largest absolute Gasteiger partial charge is 0.494 e. The number of carboxylic acids is 1. The number of methoxy groups -OCH3 is 1. The molecule has 1 aromatic carbocycles. The lowest BCUT2D eigenvalue weighted by Gasteiger charge is -2.14. The highest BCUT2D eigenvalue weighted by Gasteiger charge is 2.24. The Bertz CT molecular complexity index is 507. The Morgan fingerprint density at radius 2 is 2.05 bits per heavy atom. The minimum Gasteiger partial charge on any atom is -0.494 e. The Hall–Kier alpha value is -2.25. The average Bonchev–Trinajstić information content (AvgIpc) is 2.37. The van der Waals surface area contributed by atoms with Crippen molar-refractivity contribution in [1.82, 2.24) is 5.32 Å². The number of carbonyl (C=O) groups excluding carboxylic acids is 1. The van der Waals surface area contributed by atoms with Crippen molar-refractivity contribution in [3.8, 4) is 5.75 Å². The van der Waals surface area contributed by atoms with Crippen molar-refractivity contribution in [2.45, 2.75) is 18.9 Å². The SMILES string of the molecule is COc1ccc(C(=O)NC(CC(F)F)C(=O)O)cc1F. The van der Waals surface area contributed by atoms with Crippen LogP contribution < -0.4 is 10.1 Å². The van der Waals surface area contributed by atoms with E-state index in [4.69, 9.17) is 5.11 Å². The topological polar surface area (TPSA) is 75.6 Å². The maximum Gasteiger partial charge on any atom is 0.326 e. The predicted octanol–water partition coefficient (Wildman–Crippen LogP) is 1.67. The van der Waals surface area contributed by atoms with E-state index in [-0.39, 0.29) is 11.3 Å². The number of benzene rings is 1. The molecule has 0 saturated heterocycles. The van der Waals surface area contributed by atoms with E-state index in [1.165, 1.54) is 19.2 Å². The van der Waals surface area contributed by atoms with Gasteiger partial charge in [-0.05, 0) is 18.2 Å². The third kappa shape index (κ3) is 4.15. The summed E-state index contributed by atoms with van der Waals surface area (Å²) < 4.78 is 42.4. The van der Waals surface area contributed by atoms with Gasteiger partial charge < -0.3 is 15.2 Å². The van der Waals surface area contributed by atoms with Gasteiger partial charge in [0, 0.05) is 12.0 Å². The van der Waals surface area contributed by atoms with E-state index in [9.17, 15) is 22.8 Å². The fourth-order valence-corrected chi connectivity index (χ4v) is 1.45. The molecule has 1 atom stereocenters. The van der Waals surface area contributed by atoms with Crippen LogP contribution >= 0.6 is 0 Å². The fraction of sp³-hybridized carbons (Fsp3) is 0.333. The molecule has 0 aliphatic rings. The molecule has 1 unspecified atom stereocenters. The number of aliphatic carboxylic acids is 1. The minimum absolute atomic E-state index is 0.0936. The van der Waals surface area contributed by atoms with Crippen LogP contribution in [0.3, 0.4) is 0 Å². The molecule has 2 N–H and O–H groups in total. The molecule has 1 rings (SSSR count).